The van der Waals surface area contributed by atoms with Crippen LogP contribution < -0.4 is 15.4 Å². The van der Waals surface area contributed by atoms with Crippen molar-refractivity contribution >= 4 is 45.6 Å². The summed E-state index contributed by atoms with van der Waals surface area (Å²) in [5.74, 6) is 1.05. The first-order valence-electron chi connectivity index (χ1n) is 28.3. The monoisotopic (exact) mass is 1120 g/mol. The number of hydrogen-bond donors (Lipinski definition) is 4. The van der Waals surface area contributed by atoms with Crippen molar-refractivity contribution in [2.45, 2.75) is 83.2 Å². The number of Topliss-reactive ketones (excluding diaryl/α,β-unsaturated/α-hetero) is 1. The number of aliphatic hydroxyl groups excluding tert-OH is 1. The van der Waals surface area contributed by atoms with E-state index in [1.54, 1.807) is 0 Å². The van der Waals surface area contributed by atoms with E-state index in [2.05, 4.69) is 52.6 Å². The van der Waals surface area contributed by atoms with Crippen molar-refractivity contribution in [3.63, 3.8) is 0 Å². The van der Waals surface area contributed by atoms with E-state index in [0.29, 0.717) is 161 Å². The average Bonchev–Trinajstić information content (AvgIpc) is 4.15. The van der Waals surface area contributed by atoms with Crippen LogP contribution in [0.5, 0.6) is 5.75 Å². The first kappa shape index (κ1) is 61.5. The zero-order valence-electron chi connectivity index (χ0n) is 46.5. The minimum absolute atomic E-state index is 0.0136. The summed E-state index contributed by atoms with van der Waals surface area (Å²) < 4.78 is 39.2. The van der Waals surface area contributed by atoms with Crippen molar-refractivity contribution in [3.05, 3.63) is 103 Å². The number of anilines is 1. The molecule has 1 aromatic heterocycles. The van der Waals surface area contributed by atoms with Gasteiger partial charge in [0.15, 0.2) is 0 Å². The van der Waals surface area contributed by atoms with E-state index >= 15 is 0 Å². The number of benzene rings is 3. The number of hydrogen-bond acceptors (Lipinski definition) is 17. The van der Waals surface area contributed by atoms with E-state index in [0.717, 1.165) is 55.9 Å². The van der Waals surface area contributed by atoms with Crippen molar-refractivity contribution in [2.75, 3.05) is 137 Å². The fraction of sp³-hybridized carbons (Fsp3) is 0.603. The second-order valence-corrected chi connectivity index (χ2v) is 21.0. The molecule has 4 aromatic rings. The molecule has 438 valence electrons. The van der Waals surface area contributed by atoms with Gasteiger partial charge in [0.2, 0.25) is 5.91 Å². The number of amides is 2. The van der Waals surface area contributed by atoms with Crippen LogP contribution in [0.4, 0.5) is 17.1 Å². The Balaban J connectivity index is 0.620. The Hall–Kier alpha value is -6.11. The molecule has 2 amide bonds. The maximum atomic E-state index is 13.6. The Kier molecular flexibility index (Phi) is 24.4. The molecule has 0 unspecified atom stereocenters. The van der Waals surface area contributed by atoms with Gasteiger partial charge in [-0.05, 0) is 105 Å². The number of aromatic amines is 1. The van der Waals surface area contributed by atoms with Crippen molar-refractivity contribution in [3.8, 4) is 5.75 Å². The molecular weight excluding hydrogens is 1030 g/mol. The van der Waals surface area contributed by atoms with Crippen LogP contribution in [0.25, 0.3) is 10.9 Å². The smallest absolute Gasteiger partial charge is 0.279 e. The number of ketones is 1. The Labute approximate surface area is 467 Å². The molecule has 22 heteroatoms. The lowest BCUT2D eigenvalue weighted by Crippen LogP contribution is -2.52. The molecule has 0 radical (unpaired) electrons. The highest BCUT2D eigenvalue weighted by Crippen LogP contribution is 2.47. The first-order chi connectivity index (χ1) is 38.8. The molecular formula is C58H81N7O15. The zero-order chi connectivity index (χ0) is 56.7. The van der Waals surface area contributed by atoms with Crippen LogP contribution in [0.3, 0.4) is 0 Å². The average molecular weight is 1120 g/mol. The number of nitrogens with zero attached hydrogens (tertiary/aromatic N) is 4. The fourth-order valence-corrected chi connectivity index (χ4v) is 10.9. The van der Waals surface area contributed by atoms with Gasteiger partial charge in [-0.3, -0.25) is 34.6 Å². The molecule has 3 aliphatic heterocycles. The van der Waals surface area contributed by atoms with Gasteiger partial charge < -0.3 is 63.7 Å². The highest BCUT2D eigenvalue weighted by molar-refractivity contribution is 5.98. The van der Waals surface area contributed by atoms with E-state index in [4.69, 9.17) is 33.2 Å². The molecule has 0 aliphatic carbocycles. The highest BCUT2D eigenvalue weighted by atomic mass is 16.6. The van der Waals surface area contributed by atoms with Crippen LogP contribution in [0, 0.1) is 39.0 Å². The first-order valence-corrected chi connectivity index (χ1v) is 28.3. The molecule has 0 bridgehead atoms. The van der Waals surface area contributed by atoms with Gasteiger partial charge in [0, 0.05) is 111 Å². The third-order valence-electron chi connectivity index (χ3n) is 15.4. The molecule has 1 spiro atoms. The molecule has 80 heavy (non-hydrogen) atoms. The molecule has 2 fully saturated rings. The van der Waals surface area contributed by atoms with Gasteiger partial charge in [0.1, 0.15) is 23.8 Å². The SMILES string of the molecule is Cc1ccc2c(c1)NC[C@]21CCN(C[C@@H](O)C2CCN(C(=O)c3cc4ccc(OCCOCCOCCOCCNC(=O)CCC(=O)CCCOCCOCCOCCCc5ccc([N+](=O)[O-])cc5[N+](=O)[O-])cc4[nH]3)CC2)C[C@H]1C. The predicted octanol–water partition coefficient (Wildman–Crippen LogP) is 6.57. The maximum Gasteiger partial charge on any atom is 0.279 e. The number of carbonyl (C=O) groups excluding carboxylic acids is 3. The second-order valence-electron chi connectivity index (χ2n) is 21.0. The van der Waals surface area contributed by atoms with Crippen molar-refractivity contribution in [1.29, 1.82) is 0 Å². The number of carbonyl (C=O) groups is 3. The largest absolute Gasteiger partial charge is 0.491 e. The van der Waals surface area contributed by atoms with Gasteiger partial charge in [0.25, 0.3) is 17.3 Å². The van der Waals surface area contributed by atoms with Crippen molar-refractivity contribution in [2.24, 2.45) is 11.8 Å². The van der Waals surface area contributed by atoms with E-state index in [1.807, 2.05) is 29.2 Å². The molecule has 22 nitrogen and oxygen atoms in total. The minimum Gasteiger partial charge on any atom is -0.491 e. The topological polar surface area (TPSA) is 269 Å². The van der Waals surface area contributed by atoms with E-state index < -0.39 is 16.0 Å². The van der Waals surface area contributed by atoms with Crippen molar-refractivity contribution in [1.82, 2.24) is 20.1 Å². The van der Waals surface area contributed by atoms with Gasteiger partial charge in [-0.2, -0.15) is 0 Å². The lowest BCUT2D eigenvalue weighted by molar-refractivity contribution is -0.394. The standard InChI is InChI=1S/C58H81N7O15/c1-42-7-13-50-52(35-42)60-41-58(50)17-21-62(39-43(58)2)40-55(67)45-15-19-63(20-16-45)57(69)53-36-46-9-12-49(38-51(46)61-53)80-34-33-79-32-31-78-30-27-76-24-18-59-56(68)14-11-48(66)6-4-23-75-26-29-77-28-25-74-22-3-5-44-8-10-47(64(70)71)37-54(44)65(72)73/h7-10,12-13,35-38,43,45,55,60-61,67H,3-6,11,14-34,39-41H2,1-2H3,(H,59,68)/t43-,55-,58+/m1/s1. The number of H-pyrrole nitrogens is 1. The lowest BCUT2D eigenvalue weighted by atomic mass is 9.67. The molecule has 3 aliphatic rings. The van der Waals surface area contributed by atoms with E-state index in [9.17, 15) is 39.7 Å². The Bertz CT molecular complexity index is 2640. The number of rotatable bonds is 36. The number of β-amino-alcohol motifs (C(OH)–C–C–N with tert-alkyl or cyclic N) is 1. The predicted molar refractivity (Wildman–Crippen MR) is 299 cm³/mol. The Morgan fingerprint density at radius 2 is 1.44 bits per heavy atom. The number of piperidine rings is 2. The maximum absolute atomic E-state index is 13.6. The van der Waals surface area contributed by atoms with Gasteiger partial charge in [0.05, 0.1) is 88.1 Å². The molecule has 4 heterocycles. The normalized spacial score (nSPS) is 17.8. The number of ether oxygens (including phenoxy) is 7. The molecule has 3 atom stereocenters. The van der Waals surface area contributed by atoms with Crippen molar-refractivity contribution < 1.29 is 62.5 Å². The van der Waals surface area contributed by atoms with Gasteiger partial charge >= 0.3 is 0 Å². The number of aromatic nitrogens is 1. The molecule has 0 saturated carbocycles. The molecule has 7 rings (SSSR count). The molecule has 3 aromatic carbocycles. The summed E-state index contributed by atoms with van der Waals surface area (Å²) in [6, 6.07) is 18.0. The molecule has 4 N–H and O–H groups in total. The lowest BCUT2D eigenvalue weighted by Gasteiger charge is -2.46. The number of nitro groups is 2. The highest BCUT2D eigenvalue weighted by Gasteiger charge is 2.46. The number of likely N-dealkylation sites (tertiary alicyclic amines) is 2. The quantitative estimate of drug-likeness (QED) is 0.0213. The number of aryl methyl sites for hydroxylation is 2. The molecule has 2 saturated heterocycles. The number of non-ortho nitro benzene ring substituents is 1. The van der Waals surface area contributed by atoms with Gasteiger partial charge in [-0.15, -0.1) is 0 Å². The van der Waals surface area contributed by atoms with Gasteiger partial charge in [-0.25, -0.2) is 0 Å². The Morgan fingerprint density at radius 3 is 2.12 bits per heavy atom. The van der Waals surface area contributed by atoms with Crippen LogP contribution in [0.1, 0.15) is 85.5 Å². The summed E-state index contributed by atoms with van der Waals surface area (Å²) >= 11 is 0. The van der Waals surface area contributed by atoms with Crippen LogP contribution in [0.15, 0.2) is 60.7 Å². The Morgan fingerprint density at radius 1 is 0.762 bits per heavy atom. The summed E-state index contributed by atoms with van der Waals surface area (Å²) in [5, 5.41) is 40.9. The fourth-order valence-electron chi connectivity index (χ4n) is 10.9. The number of fused-ring (bicyclic) bond motifs is 3. The van der Waals surface area contributed by atoms with Crippen LogP contribution in [0.2, 0.25) is 0 Å². The zero-order valence-corrected chi connectivity index (χ0v) is 46.5. The number of nitro benzene ring substituents is 2. The summed E-state index contributed by atoms with van der Waals surface area (Å²) in [6.45, 7) is 14.3. The van der Waals surface area contributed by atoms with Crippen LogP contribution >= 0.6 is 0 Å². The summed E-state index contributed by atoms with van der Waals surface area (Å²) in [4.78, 5) is 66.5. The summed E-state index contributed by atoms with van der Waals surface area (Å²) in [7, 11) is 0. The number of aliphatic hydroxyl groups is 1. The third kappa shape index (κ3) is 18.5. The summed E-state index contributed by atoms with van der Waals surface area (Å²) in [6.07, 6.45) is 4.19. The number of nitrogens with one attached hydrogen (secondary N) is 3. The van der Waals surface area contributed by atoms with Crippen LogP contribution in [-0.2, 0) is 49.8 Å². The van der Waals surface area contributed by atoms with Crippen LogP contribution in [-0.4, -0.2) is 185 Å². The van der Waals surface area contributed by atoms with Gasteiger partial charge in [-0.1, -0.05) is 19.1 Å². The second kappa shape index (κ2) is 31.8. The third-order valence-corrected chi connectivity index (χ3v) is 15.4. The van der Waals surface area contributed by atoms with E-state index in [-0.39, 0.29) is 53.1 Å². The minimum atomic E-state index is -0.665. The van der Waals surface area contributed by atoms with E-state index in [1.165, 1.54) is 28.9 Å². The summed E-state index contributed by atoms with van der Waals surface area (Å²) in [5.41, 5.74) is 5.33.